The molecule has 0 saturated carbocycles. The summed E-state index contributed by atoms with van der Waals surface area (Å²) in [4.78, 5) is 0. The van der Waals surface area contributed by atoms with Gasteiger partial charge in [-0.1, -0.05) is 12.1 Å². The first-order valence-electron chi connectivity index (χ1n) is 4.28. The van der Waals surface area contributed by atoms with Gasteiger partial charge in [-0.05, 0) is 35.6 Å². The number of hydrogen-bond donors (Lipinski definition) is 0. The molecule has 3 heteroatoms. The third-order valence-electron chi connectivity index (χ3n) is 2.15. The summed E-state index contributed by atoms with van der Waals surface area (Å²) in [5, 5.41) is 0. The Kier molecular flexibility index (Phi) is 5.08. The lowest BCUT2D eigenvalue weighted by molar-refractivity contribution is 1.14. The van der Waals surface area contributed by atoms with Crippen molar-refractivity contribution in [3.05, 3.63) is 41.3 Å². The van der Waals surface area contributed by atoms with Crippen molar-refractivity contribution >= 4 is 34.8 Å². The largest absolute Gasteiger partial charge is 0.122 e. The average molecular weight is 250 g/mol. The molecule has 0 unspecified atom stereocenters. The van der Waals surface area contributed by atoms with E-state index in [1.165, 1.54) is 0 Å². The highest BCUT2D eigenvalue weighted by atomic mass is 35.5. The molecule has 76 valence electrons. The molecule has 0 bridgehead atoms. The molecular weight excluding hydrogens is 238 g/mol. The summed E-state index contributed by atoms with van der Waals surface area (Å²) in [6, 6.07) is 3.97. The van der Waals surface area contributed by atoms with E-state index in [2.05, 4.69) is 0 Å². The lowest BCUT2D eigenvalue weighted by Gasteiger charge is -2.11. The number of benzene rings is 1. The smallest absolute Gasteiger partial charge is 0.0480 e. The van der Waals surface area contributed by atoms with Crippen LogP contribution in [0.3, 0.4) is 0 Å². The van der Waals surface area contributed by atoms with E-state index in [0.29, 0.717) is 24.1 Å². The second-order valence-electron chi connectivity index (χ2n) is 3.00. The SMILES string of the molecule is [CH]Cc1cc(CCl)c(CCl)c(CCl)c1. The van der Waals surface area contributed by atoms with E-state index in [1.54, 1.807) is 0 Å². The van der Waals surface area contributed by atoms with Gasteiger partial charge in [-0.3, -0.25) is 0 Å². The van der Waals surface area contributed by atoms with Crippen molar-refractivity contribution in [1.29, 1.82) is 0 Å². The van der Waals surface area contributed by atoms with E-state index in [9.17, 15) is 0 Å². The molecular formula is C11H11Cl3. The van der Waals surface area contributed by atoms with Crippen molar-refractivity contribution in [2.75, 3.05) is 0 Å². The van der Waals surface area contributed by atoms with Gasteiger partial charge in [0.05, 0.1) is 0 Å². The summed E-state index contributed by atoms with van der Waals surface area (Å²) >= 11 is 17.5. The van der Waals surface area contributed by atoms with E-state index >= 15 is 0 Å². The summed E-state index contributed by atoms with van der Waals surface area (Å²) in [5.74, 6) is 1.33. The first-order chi connectivity index (χ1) is 6.76. The number of alkyl halides is 3. The Bertz CT molecular complexity index is 282. The summed E-state index contributed by atoms with van der Waals surface area (Å²) < 4.78 is 0. The van der Waals surface area contributed by atoms with Gasteiger partial charge >= 0.3 is 0 Å². The molecule has 1 aromatic carbocycles. The van der Waals surface area contributed by atoms with Crippen molar-refractivity contribution in [3.63, 3.8) is 0 Å². The van der Waals surface area contributed by atoms with Crippen LogP contribution < -0.4 is 0 Å². The summed E-state index contributed by atoms with van der Waals surface area (Å²) in [6.45, 7) is 5.57. The highest BCUT2D eigenvalue weighted by Gasteiger charge is 2.08. The number of rotatable bonds is 4. The van der Waals surface area contributed by atoms with Gasteiger partial charge in [0.2, 0.25) is 0 Å². The molecule has 0 N–H and O–H groups in total. The minimum atomic E-state index is 0.439. The second kappa shape index (κ2) is 5.85. The van der Waals surface area contributed by atoms with Gasteiger partial charge in [-0.15, -0.1) is 34.8 Å². The van der Waals surface area contributed by atoms with Crippen LogP contribution in [-0.4, -0.2) is 0 Å². The molecule has 0 aliphatic heterocycles. The standard InChI is InChI=1S/C11H11Cl3/c1-2-8-3-9(5-12)11(7-14)10(4-8)6-13/h1,3-4H,2,5-7H2. The Morgan fingerprint density at radius 1 is 0.929 bits per heavy atom. The molecule has 0 aromatic heterocycles. The van der Waals surface area contributed by atoms with E-state index in [4.69, 9.17) is 41.7 Å². The topological polar surface area (TPSA) is 0 Å². The van der Waals surface area contributed by atoms with E-state index in [1.807, 2.05) is 12.1 Å². The third kappa shape index (κ3) is 2.56. The molecule has 14 heavy (non-hydrogen) atoms. The van der Waals surface area contributed by atoms with Crippen LogP contribution in [0, 0.1) is 6.92 Å². The van der Waals surface area contributed by atoms with Crippen LogP contribution in [0.5, 0.6) is 0 Å². The highest BCUT2D eigenvalue weighted by molar-refractivity contribution is 6.19. The summed E-state index contributed by atoms with van der Waals surface area (Å²) in [7, 11) is 0. The average Bonchev–Trinajstić information content (AvgIpc) is 2.26. The van der Waals surface area contributed by atoms with E-state index in [0.717, 1.165) is 22.3 Å². The second-order valence-corrected chi connectivity index (χ2v) is 3.80. The molecule has 0 atom stereocenters. The van der Waals surface area contributed by atoms with Crippen LogP contribution in [0.25, 0.3) is 0 Å². The normalized spacial score (nSPS) is 10.6. The molecule has 0 fully saturated rings. The first kappa shape index (κ1) is 12.2. The molecule has 0 aliphatic carbocycles. The Hall–Kier alpha value is 0.0900. The third-order valence-corrected chi connectivity index (χ3v) is 2.99. The summed E-state index contributed by atoms with van der Waals surface area (Å²) in [5.41, 5.74) is 4.14. The fourth-order valence-electron chi connectivity index (χ4n) is 1.40. The molecule has 1 aromatic rings. The lowest BCUT2D eigenvalue weighted by Crippen LogP contribution is -1.98. The van der Waals surface area contributed by atoms with Crippen molar-refractivity contribution in [3.8, 4) is 0 Å². The first-order valence-corrected chi connectivity index (χ1v) is 5.88. The van der Waals surface area contributed by atoms with Crippen LogP contribution in [-0.2, 0) is 24.1 Å². The maximum absolute atomic E-state index is 5.84. The van der Waals surface area contributed by atoms with Crippen molar-refractivity contribution in [2.45, 2.75) is 24.1 Å². The molecule has 0 nitrogen and oxygen atoms in total. The van der Waals surface area contributed by atoms with Crippen LogP contribution in [0.2, 0.25) is 0 Å². The Morgan fingerprint density at radius 3 is 1.71 bits per heavy atom. The molecule has 0 saturated heterocycles. The quantitative estimate of drug-likeness (QED) is 0.703. The molecule has 2 radical (unpaired) electrons. The molecule has 0 spiro atoms. The maximum atomic E-state index is 5.84. The van der Waals surface area contributed by atoms with Crippen molar-refractivity contribution in [1.82, 2.24) is 0 Å². The number of halogens is 3. The van der Waals surface area contributed by atoms with Crippen LogP contribution >= 0.6 is 34.8 Å². The van der Waals surface area contributed by atoms with Crippen LogP contribution in [0.1, 0.15) is 22.3 Å². The zero-order valence-corrected chi connectivity index (χ0v) is 9.96. The predicted octanol–water partition coefficient (Wildman–Crippen LogP) is 4.16. The van der Waals surface area contributed by atoms with Crippen molar-refractivity contribution in [2.24, 2.45) is 0 Å². The molecule has 0 heterocycles. The van der Waals surface area contributed by atoms with Gasteiger partial charge in [0, 0.05) is 17.6 Å². The van der Waals surface area contributed by atoms with Gasteiger partial charge in [0.25, 0.3) is 0 Å². The Morgan fingerprint density at radius 2 is 1.43 bits per heavy atom. The monoisotopic (exact) mass is 248 g/mol. The Balaban J connectivity index is 3.24. The molecule has 0 amide bonds. The van der Waals surface area contributed by atoms with Crippen LogP contribution in [0.15, 0.2) is 12.1 Å². The predicted molar refractivity (Wildman–Crippen MR) is 63.1 cm³/mol. The lowest BCUT2D eigenvalue weighted by atomic mass is 9.99. The zero-order chi connectivity index (χ0) is 10.6. The fraction of sp³-hybridized carbons (Fsp3) is 0.364. The van der Waals surface area contributed by atoms with Gasteiger partial charge < -0.3 is 0 Å². The maximum Gasteiger partial charge on any atom is 0.0480 e. The van der Waals surface area contributed by atoms with Crippen molar-refractivity contribution < 1.29 is 0 Å². The zero-order valence-electron chi connectivity index (χ0n) is 7.69. The van der Waals surface area contributed by atoms with Crippen LogP contribution in [0.4, 0.5) is 0 Å². The van der Waals surface area contributed by atoms with E-state index < -0.39 is 0 Å². The van der Waals surface area contributed by atoms with Gasteiger partial charge in [0.1, 0.15) is 0 Å². The van der Waals surface area contributed by atoms with E-state index in [-0.39, 0.29) is 0 Å². The number of hydrogen-bond acceptors (Lipinski definition) is 0. The Labute approximate surface area is 100 Å². The van der Waals surface area contributed by atoms with Gasteiger partial charge in [-0.2, -0.15) is 0 Å². The van der Waals surface area contributed by atoms with Gasteiger partial charge in [0.15, 0.2) is 0 Å². The summed E-state index contributed by atoms with van der Waals surface area (Å²) in [6.07, 6.45) is 0.496. The fourth-order valence-corrected chi connectivity index (χ4v) is 2.22. The van der Waals surface area contributed by atoms with Gasteiger partial charge in [-0.25, -0.2) is 0 Å². The minimum absolute atomic E-state index is 0.439. The highest BCUT2D eigenvalue weighted by Crippen LogP contribution is 2.23. The molecule has 0 aliphatic rings. The molecule has 1 rings (SSSR count). The minimum Gasteiger partial charge on any atom is -0.122 e.